The maximum atomic E-state index is 15.1. The van der Waals surface area contributed by atoms with E-state index in [-0.39, 0.29) is 48.1 Å². The van der Waals surface area contributed by atoms with Crippen LogP contribution in [0.1, 0.15) is 113 Å². The fourth-order valence-electron chi connectivity index (χ4n) is 11.2. The number of nitrogens with zero attached hydrogens (tertiary/aromatic N) is 4. The molecule has 0 N–H and O–H groups in total. The largest absolute Gasteiger partial charge is 0.361 e. The molecule has 1 saturated carbocycles. The maximum absolute atomic E-state index is 15.1. The minimum atomic E-state index is -0.478. The lowest BCUT2D eigenvalue weighted by molar-refractivity contribution is -0.137. The first-order chi connectivity index (χ1) is 29.6. The van der Waals surface area contributed by atoms with Gasteiger partial charge in [0.1, 0.15) is 5.57 Å². The summed E-state index contributed by atoms with van der Waals surface area (Å²) in [6, 6.07) is 0.252. The number of imide groups is 2. The molecule has 7 heteroatoms. The van der Waals surface area contributed by atoms with Crippen LogP contribution < -0.4 is 0 Å². The number of barbiturate groups is 1. The molecule has 7 nitrogen and oxygen atoms in total. The number of urea groups is 1. The Morgan fingerprint density at radius 2 is 1.18 bits per heavy atom. The number of carbonyl (C=O) groups excluding carboxylic acids is 3. The summed E-state index contributed by atoms with van der Waals surface area (Å²) in [7, 11) is 0. The molecule has 5 aliphatic carbocycles. The van der Waals surface area contributed by atoms with Crippen LogP contribution in [0.15, 0.2) is 153 Å². The molecule has 8 aliphatic rings. The van der Waals surface area contributed by atoms with Crippen molar-refractivity contribution in [2.75, 3.05) is 6.54 Å². The van der Waals surface area contributed by atoms with Gasteiger partial charge in [0.05, 0.1) is 12.1 Å². The Morgan fingerprint density at radius 3 is 1.74 bits per heavy atom. The van der Waals surface area contributed by atoms with Crippen molar-refractivity contribution in [3.8, 4) is 0 Å². The Labute approximate surface area is 365 Å². The number of carbonyl (C=O) groups is 3. The molecule has 0 bridgehead atoms. The Bertz CT molecular complexity index is 2240. The Hall–Kier alpha value is -5.17. The van der Waals surface area contributed by atoms with Crippen LogP contribution in [-0.2, 0) is 9.59 Å². The van der Waals surface area contributed by atoms with Crippen molar-refractivity contribution in [3.05, 3.63) is 153 Å². The number of hydrogen-bond acceptors (Lipinski definition) is 5. The van der Waals surface area contributed by atoms with Gasteiger partial charge in [-0.05, 0) is 111 Å². The molecular weight excluding hydrogens is 753 g/mol. The first-order valence-corrected chi connectivity index (χ1v) is 23.5. The van der Waals surface area contributed by atoms with E-state index in [1.807, 2.05) is 6.92 Å². The van der Waals surface area contributed by atoms with Crippen LogP contribution in [0.2, 0.25) is 0 Å². The smallest absolute Gasteiger partial charge is 0.334 e. The lowest BCUT2D eigenvalue weighted by Crippen LogP contribution is -2.59. The van der Waals surface area contributed by atoms with Gasteiger partial charge < -0.3 is 9.80 Å². The molecule has 8 rings (SSSR count). The molecule has 61 heavy (non-hydrogen) atoms. The molecule has 0 radical (unpaired) electrons. The fraction of sp³-hybridized carbons (Fsp3) is 0.463. The van der Waals surface area contributed by atoms with Crippen molar-refractivity contribution in [2.45, 2.75) is 143 Å². The minimum absolute atomic E-state index is 0.142. The molecule has 3 saturated heterocycles. The highest BCUT2D eigenvalue weighted by atomic mass is 16.2. The zero-order valence-electron chi connectivity index (χ0n) is 37.6. The monoisotopic (exact) mass is 819 g/mol. The third-order valence-electron chi connectivity index (χ3n) is 14.1. The van der Waals surface area contributed by atoms with Gasteiger partial charge in [-0.3, -0.25) is 19.4 Å². The van der Waals surface area contributed by atoms with Gasteiger partial charge in [0, 0.05) is 47.9 Å². The topological polar surface area (TPSA) is 64.2 Å². The number of allylic oxidation sites excluding steroid dienone is 19. The van der Waals surface area contributed by atoms with Crippen LogP contribution in [0.25, 0.3) is 0 Å². The van der Waals surface area contributed by atoms with E-state index in [2.05, 4.69) is 149 Å². The molecule has 3 aliphatic heterocycles. The van der Waals surface area contributed by atoms with Gasteiger partial charge in [0.15, 0.2) is 0 Å². The average Bonchev–Trinajstić information content (AvgIpc) is 3.91. The van der Waals surface area contributed by atoms with E-state index < -0.39 is 17.8 Å². The molecule has 4 fully saturated rings. The summed E-state index contributed by atoms with van der Waals surface area (Å²) < 4.78 is 0. The highest BCUT2D eigenvalue weighted by molar-refractivity contribution is 6.30. The van der Waals surface area contributed by atoms with Gasteiger partial charge in [-0.15, -0.1) is 0 Å². The van der Waals surface area contributed by atoms with Crippen LogP contribution in [0.5, 0.6) is 0 Å². The van der Waals surface area contributed by atoms with E-state index in [4.69, 9.17) is 0 Å². The Balaban J connectivity index is 1.30. The van der Waals surface area contributed by atoms with Crippen LogP contribution in [-0.4, -0.2) is 74.2 Å². The summed E-state index contributed by atoms with van der Waals surface area (Å²) >= 11 is 0. The quantitative estimate of drug-likeness (QED) is 0.0992. The van der Waals surface area contributed by atoms with Crippen molar-refractivity contribution in [3.63, 3.8) is 0 Å². The van der Waals surface area contributed by atoms with Gasteiger partial charge in [-0.25, -0.2) is 4.79 Å². The van der Waals surface area contributed by atoms with Gasteiger partial charge in [-0.2, -0.15) is 0 Å². The van der Waals surface area contributed by atoms with Gasteiger partial charge >= 0.3 is 6.03 Å². The molecule has 320 valence electrons. The molecule has 4 amide bonds. The van der Waals surface area contributed by atoms with Crippen LogP contribution in [0, 0.1) is 11.8 Å². The second kappa shape index (κ2) is 18.0. The summed E-state index contributed by atoms with van der Waals surface area (Å²) in [5.74, 6) is -0.370. The Kier molecular flexibility index (Phi) is 12.6. The van der Waals surface area contributed by atoms with E-state index >= 15 is 4.79 Å². The van der Waals surface area contributed by atoms with Crippen LogP contribution in [0.4, 0.5) is 4.79 Å². The van der Waals surface area contributed by atoms with E-state index in [0.29, 0.717) is 37.3 Å². The highest BCUT2D eigenvalue weighted by Crippen LogP contribution is 2.50. The van der Waals surface area contributed by atoms with Crippen molar-refractivity contribution in [2.24, 2.45) is 11.8 Å². The Morgan fingerprint density at radius 1 is 0.607 bits per heavy atom. The predicted octanol–water partition coefficient (Wildman–Crippen LogP) is 11.4. The summed E-state index contributed by atoms with van der Waals surface area (Å²) in [5, 5.41) is 0. The zero-order valence-corrected chi connectivity index (χ0v) is 37.6. The molecule has 0 aromatic carbocycles. The van der Waals surface area contributed by atoms with Gasteiger partial charge in [0.25, 0.3) is 11.8 Å². The second-order valence-corrected chi connectivity index (χ2v) is 18.4. The molecule has 0 spiro atoms. The highest BCUT2D eigenvalue weighted by Gasteiger charge is 2.48. The SMILES string of the molecule is CCCCCC(C)N1C(=O)/C(=C2C(=C/C=C3\C4=CC=CC5=CC=CC(C54)N3C(C)CCC)\CCC\2=C/C=C2\C3=CC=CC4=CC=CC(C43)N2C(C)C)C(=O)N(CCCC)C1=O. The molecule has 6 atom stereocenters. The number of rotatable bonds is 14. The van der Waals surface area contributed by atoms with E-state index in [0.717, 1.165) is 49.7 Å². The number of hydrogen-bond donors (Lipinski definition) is 0. The summed E-state index contributed by atoms with van der Waals surface area (Å²) in [6.07, 6.45) is 44.5. The number of amides is 4. The lowest BCUT2D eigenvalue weighted by atomic mass is 9.81. The number of likely N-dealkylation sites (tertiary alicyclic amines) is 2. The van der Waals surface area contributed by atoms with E-state index in [9.17, 15) is 9.59 Å². The van der Waals surface area contributed by atoms with E-state index in [1.54, 1.807) is 0 Å². The standard InChI is InChI=1S/C54H66N4O3/c1-8-11-13-19-37(7)58-53(60)51(52(59)55(54(58)61)34-12-9-2)48-40(30-32-44-42-24-14-20-38-22-16-26-46(49(38)42)56(44)35(4)5)28-29-41(48)31-33-45-43-25-15-21-39-23-17-27-47(50(39)43)57(45)36(6)18-10-3/h14-17,20-27,30-33,35-37,46-47,49-50H,8-13,18-19,28-29,34H2,1-7H3/b40-30+,41-31-,44-32+,45-33+,51-48-. The first-order valence-electron chi connectivity index (χ1n) is 23.5. The normalized spacial score (nSPS) is 30.1. The van der Waals surface area contributed by atoms with Crippen LogP contribution in [0.3, 0.4) is 0 Å². The molecule has 0 aromatic rings. The molecule has 3 heterocycles. The van der Waals surface area contributed by atoms with E-state index in [1.165, 1.54) is 43.5 Å². The number of unbranched alkanes of at least 4 members (excludes halogenated alkanes) is 3. The van der Waals surface area contributed by atoms with Crippen molar-refractivity contribution >= 4 is 17.8 Å². The molecule has 0 aromatic heterocycles. The van der Waals surface area contributed by atoms with Crippen molar-refractivity contribution < 1.29 is 14.4 Å². The third kappa shape index (κ3) is 7.61. The predicted molar refractivity (Wildman–Crippen MR) is 248 cm³/mol. The molecular formula is C54H66N4O3. The van der Waals surface area contributed by atoms with Crippen LogP contribution >= 0.6 is 0 Å². The average molecular weight is 819 g/mol. The summed E-state index contributed by atoms with van der Waals surface area (Å²) in [6.45, 7) is 15.6. The summed E-state index contributed by atoms with van der Waals surface area (Å²) in [4.78, 5) is 52.1. The van der Waals surface area contributed by atoms with Gasteiger partial charge in [-0.1, -0.05) is 138 Å². The zero-order chi connectivity index (χ0) is 42.9. The first kappa shape index (κ1) is 42.5. The fourth-order valence-corrected chi connectivity index (χ4v) is 11.2. The summed E-state index contributed by atoms with van der Waals surface area (Å²) in [5.41, 5.74) is 10.5. The second-order valence-electron chi connectivity index (χ2n) is 18.4. The van der Waals surface area contributed by atoms with Crippen molar-refractivity contribution in [1.82, 2.24) is 19.6 Å². The van der Waals surface area contributed by atoms with Gasteiger partial charge in [0.2, 0.25) is 0 Å². The minimum Gasteiger partial charge on any atom is -0.361 e. The van der Waals surface area contributed by atoms with Crippen molar-refractivity contribution in [1.29, 1.82) is 0 Å². The molecule has 6 unspecified atom stereocenters. The lowest BCUT2D eigenvalue weighted by Gasteiger charge is -2.38. The maximum Gasteiger partial charge on any atom is 0.334 e. The third-order valence-corrected chi connectivity index (χ3v) is 14.1.